The standard InChI is InChI=1S/C16H19Br/c1-16(2,3)15(17)11-13-9-6-8-12-7-4-5-10-14(12)13/h4-10,15H,11H2,1-3H3. The summed E-state index contributed by atoms with van der Waals surface area (Å²) < 4.78 is 0. The Morgan fingerprint density at radius 3 is 2.35 bits per heavy atom. The Morgan fingerprint density at radius 2 is 1.65 bits per heavy atom. The van der Waals surface area contributed by atoms with Gasteiger partial charge in [-0.25, -0.2) is 0 Å². The molecule has 0 aliphatic carbocycles. The number of fused-ring (bicyclic) bond motifs is 1. The third kappa shape index (κ3) is 2.90. The molecule has 0 bridgehead atoms. The first-order valence-corrected chi connectivity index (χ1v) is 7.01. The van der Waals surface area contributed by atoms with Gasteiger partial charge in [0.25, 0.3) is 0 Å². The molecule has 0 spiro atoms. The maximum atomic E-state index is 3.82. The highest BCUT2D eigenvalue weighted by molar-refractivity contribution is 9.09. The van der Waals surface area contributed by atoms with Crippen molar-refractivity contribution in [3.63, 3.8) is 0 Å². The molecule has 17 heavy (non-hydrogen) atoms. The average Bonchev–Trinajstić information content (AvgIpc) is 2.28. The van der Waals surface area contributed by atoms with Crippen LogP contribution in [0.4, 0.5) is 0 Å². The molecule has 1 atom stereocenters. The molecular weight excluding hydrogens is 272 g/mol. The fourth-order valence-electron chi connectivity index (χ4n) is 1.97. The summed E-state index contributed by atoms with van der Waals surface area (Å²) >= 11 is 3.82. The van der Waals surface area contributed by atoms with E-state index in [1.165, 1.54) is 16.3 Å². The van der Waals surface area contributed by atoms with Gasteiger partial charge in [-0.15, -0.1) is 0 Å². The molecule has 0 fully saturated rings. The minimum Gasteiger partial charge on any atom is -0.0881 e. The van der Waals surface area contributed by atoms with E-state index in [0.29, 0.717) is 4.83 Å². The highest BCUT2D eigenvalue weighted by Gasteiger charge is 2.22. The van der Waals surface area contributed by atoms with E-state index in [1.807, 2.05) is 0 Å². The molecule has 90 valence electrons. The summed E-state index contributed by atoms with van der Waals surface area (Å²) in [6.07, 6.45) is 1.07. The minimum absolute atomic E-state index is 0.289. The van der Waals surface area contributed by atoms with Crippen LogP contribution in [0.3, 0.4) is 0 Å². The average molecular weight is 291 g/mol. The molecule has 2 aromatic carbocycles. The Kier molecular flexibility index (Phi) is 3.58. The molecule has 0 radical (unpaired) electrons. The van der Waals surface area contributed by atoms with E-state index >= 15 is 0 Å². The molecule has 0 nitrogen and oxygen atoms in total. The van der Waals surface area contributed by atoms with Gasteiger partial charge in [0.05, 0.1) is 0 Å². The molecule has 0 aliphatic rings. The van der Waals surface area contributed by atoms with Gasteiger partial charge >= 0.3 is 0 Å². The number of halogens is 1. The van der Waals surface area contributed by atoms with E-state index in [2.05, 4.69) is 79.2 Å². The zero-order valence-corrected chi connectivity index (χ0v) is 12.3. The van der Waals surface area contributed by atoms with Crippen molar-refractivity contribution in [1.82, 2.24) is 0 Å². The molecule has 0 saturated heterocycles. The summed E-state index contributed by atoms with van der Waals surface area (Å²) in [4.78, 5) is 0.501. The van der Waals surface area contributed by atoms with E-state index in [4.69, 9.17) is 0 Å². The molecule has 0 aliphatic heterocycles. The lowest BCUT2D eigenvalue weighted by atomic mass is 9.87. The van der Waals surface area contributed by atoms with Crippen LogP contribution in [0.25, 0.3) is 10.8 Å². The molecule has 0 amide bonds. The quantitative estimate of drug-likeness (QED) is 0.668. The van der Waals surface area contributed by atoms with Crippen molar-refractivity contribution in [2.24, 2.45) is 5.41 Å². The topological polar surface area (TPSA) is 0 Å². The highest BCUT2D eigenvalue weighted by Crippen LogP contribution is 2.31. The minimum atomic E-state index is 0.289. The Hall–Kier alpha value is -0.820. The first-order valence-electron chi connectivity index (χ1n) is 6.09. The van der Waals surface area contributed by atoms with Crippen molar-refractivity contribution in [3.8, 4) is 0 Å². The van der Waals surface area contributed by atoms with Crippen LogP contribution >= 0.6 is 15.9 Å². The third-order valence-electron chi connectivity index (χ3n) is 3.22. The van der Waals surface area contributed by atoms with Crippen molar-refractivity contribution >= 4 is 26.7 Å². The number of benzene rings is 2. The monoisotopic (exact) mass is 290 g/mol. The fraction of sp³-hybridized carbons (Fsp3) is 0.375. The van der Waals surface area contributed by atoms with Crippen molar-refractivity contribution in [1.29, 1.82) is 0 Å². The molecule has 1 heteroatoms. The van der Waals surface area contributed by atoms with Gasteiger partial charge in [0.1, 0.15) is 0 Å². The summed E-state index contributed by atoms with van der Waals surface area (Å²) in [5.74, 6) is 0. The Labute approximate surface area is 112 Å². The van der Waals surface area contributed by atoms with Crippen LogP contribution in [0.2, 0.25) is 0 Å². The molecule has 0 heterocycles. The summed E-state index contributed by atoms with van der Waals surface area (Å²) in [6.45, 7) is 6.83. The molecule has 0 aromatic heterocycles. The zero-order chi connectivity index (χ0) is 12.5. The Balaban J connectivity index is 2.36. The molecule has 0 N–H and O–H groups in total. The van der Waals surface area contributed by atoms with Gasteiger partial charge in [-0.3, -0.25) is 0 Å². The van der Waals surface area contributed by atoms with Gasteiger partial charge in [0, 0.05) is 4.83 Å². The maximum absolute atomic E-state index is 3.82. The summed E-state index contributed by atoms with van der Waals surface area (Å²) in [5.41, 5.74) is 1.72. The predicted molar refractivity (Wildman–Crippen MR) is 79.8 cm³/mol. The molecule has 2 aromatic rings. The lowest BCUT2D eigenvalue weighted by Crippen LogP contribution is -2.22. The maximum Gasteiger partial charge on any atom is 0.0234 e. The normalized spacial score (nSPS) is 13.9. The summed E-state index contributed by atoms with van der Waals surface area (Å²) in [7, 11) is 0. The van der Waals surface area contributed by atoms with E-state index < -0.39 is 0 Å². The summed E-state index contributed by atoms with van der Waals surface area (Å²) in [6, 6.07) is 15.2. The van der Waals surface area contributed by atoms with Gasteiger partial charge < -0.3 is 0 Å². The second-order valence-electron chi connectivity index (χ2n) is 5.68. The SMILES string of the molecule is CC(C)(C)C(Br)Cc1cccc2ccccc12. The molecular formula is C16H19Br. The first kappa shape index (κ1) is 12.6. The van der Waals surface area contributed by atoms with Crippen molar-refractivity contribution in [2.75, 3.05) is 0 Å². The lowest BCUT2D eigenvalue weighted by Gasteiger charge is -2.26. The Bertz CT molecular complexity index is 503. The van der Waals surface area contributed by atoms with Crippen LogP contribution in [0.15, 0.2) is 42.5 Å². The molecule has 1 unspecified atom stereocenters. The van der Waals surface area contributed by atoms with E-state index in [1.54, 1.807) is 0 Å². The fourth-order valence-corrected chi connectivity index (χ4v) is 2.32. The third-order valence-corrected chi connectivity index (χ3v) is 4.92. The van der Waals surface area contributed by atoms with Crippen LogP contribution in [-0.2, 0) is 6.42 Å². The molecule has 2 rings (SSSR count). The van der Waals surface area contributed by atoms with Crippen molar-refractivity contribution < 1.29 is 0 Å². The lowest BCUT2D eigenvalue weighted by molar-refractivity contribution is 0.398. The van der Waals surface area contributed by atoms with Crippen molar-refractivity contribution in [2.45, 2.75) is 32.0 Å². The van der Waals surface area contributed by atoms with Gasteiger partial charge in [-0.05, 0) is 28.2 Å². The second kappa shape index (κ2) is 4.81. The van der Waals surface area contributed by atoms with Gasteiger partial charge in [-0.1, -0.05) is 79.2 Å². The molecule has 0 saturated carbocycles. The van der Waals surface area contributed by atoms with Crippen LogP contribution in [0.1, 0.15) is 26.3 Å². The Morgan fingerprint density at radius 1 is 1.00 bits per heavy atom. The number of rotatable bonds is 2. The van der Waals surface area contributed by atoms with Gasteiger partial charge in [-0.2, -0.15) is 0 Å². The van der Waals surface area contributed by atoms with Crippen molar-refractivity contribution in [3.05, 3.63) is 48.0 Å². The number of hydrogen-bond acceptors (Lipinski definition) is 0. The van der Waals surface area contributed by atoms with Crippen LogP contribution in [0.5, 0.6) is 0 Å². The largest absolute Gasteiger partial charge is 0.0881 e. The van der Waals surface area contributed by atoms with E-state index in [9.17, 15) is 0 Å². The smallest absolute Gasteiger partial charge is 0.0234 e. The second-order valence-corrected chi connectivity index (χ2v) is 6.78. The zero-order valence-electron chi connectivity index (χ0n) is 10.7. The van der Waals surface area contributed by atoms with Crippen LogP contribution in [0, 0.1) is 5.41 Å². The van der Waals surface area contributed by atoms with Crippen LogP contribution < -0.4 is 0 Å². The predicted octanol–water partition coefficient (Wildman–Crippen LogP) is 5.19. The summed E-state index contributed by atoms with van der Waals surface area (Å²) in [5, 5.41) is 2.71. The highest BCUT2D eigenvalue weighted by atomic mass is 79.9. The number of alkyl halides is 1. The van der Waals surface area contributed by atoms with Crippen LogP contribution in [-0.4, -0.2) is 4.83 Å². The van der Waals surface area contributed by atoms with E-state index in [0.717, 1.165) is 6.42 Å². The first-order chi connectivity index (χ1) is 7.98. The number of hydrogen-bond donors (Lipinski definition) is 0. The van der Waals surface area contributed by atoms with Gasteiger partial charge in [0.15, 0.2) is 0 Å². The van der Waals surface area contributed by atoms with E-state index in [-0.39, 0.29) is 5.41 Å². The van der Waals surface area contributed by atoms with Gasteiger partial charge in [0.2, 0.25) is 0 Å².